The summed E-state index contributed by atoms with van der Waals surface area (Å²) in [6.07, 6.45) is 0. The Morgan fingerprint density at radius 2 is 1.69 bits per heavy atom. The second-order valence-corrected chi connectivity index (χ2v) is 7.74. The normalized spacial score (nSPS) is 11.2. The van der Waals surface area contributed by atoms with Crippen molar-refractivity contribution >= 4 is 23.2 Å². The molecule has 0 unspecified atom stereocenters. The Bertz CT molecular complexity index is 819. The summed E-state index contributed by atoms with van der Waals surface area (Å²) < 4.78 is 0. The van der Waals surface area contributed by atoms with Gasteiger partial charge >= 0.3 is 0 Å². The highest BCUT2D eigenvalue weighted by Gasteiger charge is 2.24. The van der Waals surface area contributed by atoms with Crippen molar-refractivity contribution in [2.24, 2.45) is 0 Å². The van der Waals surface area contributed by atoms with E-state index >= 15 is 0 Å². The highest BCUT2D eigenvalue weighted by Crippen LogP contribution is 2.32. The number of nitrogens with one attached hydrogen (secondary N) is 1. The minimum atomic E-state index is -0.212. The number of hydrogen-bond acceptors (Lipinski definition) is 2. The van der Waals surface area contributed by atoms with Crippen molar-refractivity contribution in [3.63, 3.8) is 0 Å². The second kappa shape index (κ2) is 7.73. The van der Waals surface area contributed by atoms with Gasteiger partial charge in [-0.2, -0.15) is 0 Å². The zero-order chi connectivity index (χ0) is 19.5. The van der Waals surface area contributed by atoms with E-state index in [2.05, 4.69) is 26.1 Å². The number of hydrogen-bond donors (Lipinski definition) is 1. The quantitative estimate of drug-likeness (QED) is 0.875. The molecular weight excluding hydrogens is 324 g/mol. The van der Waals surface area contributed by atoms with Crippen LogP contribution in [0.4, 0.5) is 11.4 Å². The highest BCUT2D eigenvalue weighted by atomic mass is 16.2. The maximum absolute atomic E-state index is 12.6. The lowest BCUT2D eigenvalue weighted by molar-refractivity contribution is -0.120. The van der Waals surface area contributed by atoms with E-state index in [-0.39, 0.29) is 23.8 Å². The van der Waals surface area contributed by atoms with E-state index in [0.29, 0.717) is 0 Å². The minimum Gasteiger partial charge on any atom is -0.324 e. The molecule has 4 heteroatoms. The molecule has 0 aliphatic rings. The van der Waals surface area contributed by atoms with E-state index < -0.39 is 0 Å². The van der Waals surface area contributed by atoms with Crippen LogP contribution in [0, 0.1) is 13.8 Å². The summed E-state index contributed by atoms with van der Waals surface area (Å²) in [5.74, 6) is -0.367. The first-order valence-electron chi connectivity index (χ1n) is 8.84. The number of aryl methyl sites for hydroxylation is 2. The summed E-state index contributed by atoms with van der Waals surface area (Å²) in [4.78, 5) is 26.4. The lowest BCUT2D eigenvalue weighted by atomic mass is 9.85. The van der Waals surface area contributed by atoms with Gasteiger partial charge < -0.3 is 10.2 Å². The first kappa shape index (κ1) is 19.7. The Labute approximate surface area is 156 Å². The smallest absolute Gasteiger partial charge is 0.244 e. The van der Waals surface area contributed by atoms with Crippen molar-refractivity contribution in [1.29, 1.82) is 0 Å². The molecule has 4 nitrogen and oxygen atoms in total. The molecule has 26 heavy (non-hydrogen) atoms. The molecule has 2 rings (SSSR count). The average molecular weight is 352 g/mol. The molecule has 0 aliphatic carbocycles. The number of anilines is 2. The number of rotatable bonds is 4. The summed E-state index contributed by atoms with van der Waals surface area (Å²) in [7, 11) is 0. The van der Waals surface area contributed by atoms with E-state index in [4.69, 9.17) is 0 Å². The highest BCUT2D eigenvalue weighted by molar-refractivity contribution is 6.02. The lowest BCUT2D eigenvalue weighted by Gasteiger charge is -2.29. The summed E-state index contributed by atoms with van der Waals surface area (Å²) in [6, 6.07) is 13.6. The van der Waals surface area contributed by atoms with Gasteiger partial charge in [0.15, 0.2) is 0 Å². The second-order valence-electron chi connectivity index (χ2n) is 7.74. The van der Waals surface area contributed by atoms with Crippen LogP contribution in [0.1, 0.15) is 44.4 Å². The van der Waals surface area contributed by atoms with Gasteiger partial charge in [0.1, 0.15) is 6.54 Å². The molecule has 0 saturated carbocycles. The maximum Gasteiger partial charge on any atom is 0.244 e. The van der Waals surface area contributed by atoms with Crippen molar-refractivity contribution < 1.29 is 9.59 Å². The van der Waals surface area contributed by atoms with Gasteiger partial charge in [-0.05, 0) is 42.5 Å². The van der Waals surface area contributed by atoms with Crippen LogP contribution in [0.25, 0.3) is 0 Å². The first-order valence-corrected chi connectivity index (χ1v) is 8.84. The largest absolute Gasteiger partial charge is 0.324 e. The summed E-state index contributed by atoms with van der Waals surface area (Å²) >= 11 is 0. The molecule has 0 aromatic heterocycles. The lowest BCUT2D eigenvalue weighted by Crippen LogP contribution is -2.38. The molecule has 1 N–H and O–H groups in total. The molecule has 2 amide bonds. The zero-order valence-electron chi connectivity index (χ0n) is 16.5. The van der Waals surface area contributed by atoms with Crippen molar-refractivity contribution in [2.45, 2.75) is 47.0 Å². The number of para-hydroxylation sites is 1. The Morgan fingerprint density at radius 3 is 2.27 bits per heavy atom. The molecule has 0 saturated heterocycles. The van der Waals surface area contributed by atoms with Crippen LogP contribution < -0.4 is 10.2 Å². The van der Waals surface area contributed by atoms with Crippen molar-refractivity contribution in [2.75, 3.05) is 16.8 Å². The Balaban J connectivity index is 2.27. The van der Waals surface area contributed by atoms with Crippen LogP contribution in [0.2, 0.25) is 0 Å². The number of carbonyl (C=O) groups is 2. The fraction of sp³-hybridized carbons (Fsp3) is 0.364. The molecule has 0 atom stereocenters. The van der Waals surface area contributed by atoms with E-state index in [1.54, 1.807) is 4.90 Å². The van der Waals surface area contributed by atoms with Crippen LogP contribution in [0.15, 0.2) is 42.5 Å². The maximum atomic E-state index is 12.6. The van der Waals surface area contributed by atoms with Crippen LogP contribution in [0.3, 0.4) is 0 Å². The molecule has 0 spiro atoms. The van der Waals surface area contributed by atoms with Crippen molar-refractivity contribution in [3.05, 3.63) is 59.2 Å². The van der Waals surface area contributed by atoms with Gasteiger partial charge in [0, 0.05) is 18.3 Å². The van der Waals surface area contributed by atoms with Gasteiger partial charge in [0.05, 0.1) is 0 Å². The SMILES string of the molecule is CC(=O)N(CC(=O)Nc1ccc(C)cc1C)c1ccccc1C(C)(C)C. The van der Waals surface area contributed by atoms with Crippen molar-refractivity contribution in [1.82, 2.24) is 0 Å². The van der Waals surface area contributed by atoms with E-state index in [0.717, 1.165) is 28.1 Å². The van der Waals surface area contributed by atoms with Gasteiger partial charge in [-0.3, -0.25) is 9.59 Å². The van der Waals surface area contributed by atoms with Gasteiger partial charge in [-0.15, -0.1) is 0 Å². The standard InChI is InChI=1S/C22H28N2O2/c1-15-11-12-19(16(2)13-15)23-21(26)14-24(17(3)25)20-10-8-7-9-18(20)22(4,5)6/h7-13H,14H2,1-6H3,(H,23,26). The molecular formula is C22H28N2O2. The summed E-state index contributed by atoms with van der Waals surface area (Å²) in [5, 5.41) is 2.92. The monoisotopic (exact) mass is 352 g/mol. The topological polar surface area (TPSA) is 49.4 Å². The molecule has 2 aromatic carbocycles. The van der Waals surface area contributed by atoms with Crippen LogP contribution >= 0.6 is 0 Å². The van der Waals surface area contributed by atoms with Gasteiger partial charge in [-0.25, -0.2) is 0 Å². The number of carbonyl (C=O) groups excluding carboxylic acids is 2. The predicted molar refractivity (Wildman–Crippen MR) is 108 cm³/mol. The van der Waals surface area contributed by atoms with Crippen LogP contribution in [0.5, 0.6) is 0 Å². The fourth-order valence-corrected chi connectivity index (χ4v) is 3.00. The van der Waals surface area contributed by atoms with E-state index in [1.165, 1.54) is 6.92 Å². The third-order valence-corrected chi connectivity index (χ3v) is 4.34. The first-order chi connectivity index (χ1) is 12.1. The Kier molecular flexibility index (Phi) is 5.86. The molecule has 0 aliphatic heterocycles. The number of benzene rings is 2. The zero-order valence-corrected chi connectivity index (χ0v) is 16.5. The van der Waals surface area contributed by atoms with Crippen LogP contribution in [-0.2, 0) is 15.0 Å². The number of nitrogens with zero attached hydrogens (tertiary/aromatic N) is 1. The molecule has 0 radical (unpaired) electrons. The predicted octanol–water partition coefficient (Wildman–Crippen LogP) is 4.59. The molecule has 138 valence electrons. The molecule has 0 bridgehead atoms. The third kappa shape index (κ3) is 4.72. The van der Waals surface area contributed by atoms with Gasteiger partial charge in [-0.1, -0.05) is 56.7 Å². The summed E-state index contributed by atoms with van der Waals surface area (Å²) in [6.45, 7) is 11.7. The third-order valence-electron chi connectivity index (χ3n) is 4.34. The fourth-order valence-electron chi connectivity index (χ4n) is 3.00. The molecule has 0 fully saturated rings. The number of amides is 2. The minimum absolute atomic E-state index is 0.0181. The van der Waals surface area contributed by atoms with Crippen molar-refractivity contribution in [3.8, 4) is 0 Å². The molecule has 2 aromatic rings. The molecule has 0 heterocycles. The average Bonchev–Trinajstić information content (AvgIpc) is 2.54. The van der Waals surface area contributed by atoms with E-state index in [1.807, 2.05) is 56.3 Å². The van der Waals surface area contributed by atoms with Crippen LogP contribution in [-0.4, -0.2) is 18.4 Å². The summed E-state index contributed by atoms with van der Waals surface area (Å²) in [5.41, 5.74) is 4.60. The Hall–Kier alpha value is -2.62. The van der Waals surface area contributed by atoms with Gasteiger partial charge in [0.25, 0.3) is 0 Å². The van der Waals surface area contributed by atoms with Gasteiger partial charge in [0.2, 0.25) is 11.8 Å². The Morgan fingerprint density at radius 1 is 1.04 bits per heavy atom. The van der Waals surface area contributed by atoms with E-state index in [9.17, 15) is 9.59 Å².